The second-order valence-electron chi connectivity index (χ2n) is 8.34. The first kappa shape index (κ1) is 24.0. The Balaban J connectivity index is 1.72. The molecule has 5 aromatic rings. The molecule has 0 aliphatic carbocycles. The number of halogens is 1. The molecule has 0 atom stereocenters. The quantitative estimate of drug-likeness (QED) is 0.287. The van der Waals surface area contributed by atoms with Crippen LogP contribution in [0.2, 0.25) is 5.02 Å². The molecule has 3 aromatic heterocycles. The molecule has 0 saturated heterocycles. The highest BCUT2D eigenvalue weighted by Crippen LogP contribution is 2.32. The fourth-order valence-electron chi connectivity index (χ4n) is 4.11. The first-order chi connectivity index (χ1) is 17.7. The first-order valence-electron chi connectivity index (χ1n) is 11.2. The van der Waals surface area contributed by atoms with Gasteiger partial charge in [0.15, 0.2) is 5.78 Å². The Morgan fingerprint density at radius 1 is 1.08 bits per heavy atom. The van der Waals surface area contributed by atoms with Gasteiger partial charge >= 0.3 is 12.0 Å². The SMILES string of the molecule is CN(C(N)=O)c1nc(-n2cc(C(=O)CCC(=O)O)c3cc(Cl)ccc32)nc2ccc(-c3ccco3)cc12. The van der Waals surface area contributed by atoms with Crippen LogP contribution < -0.4 is 10.6 Å². The van der Waals surface area contributed by atoms with Gasteiger partial charge < -0.3 is 15.3 Å². The zero-order chi connectivity index (χ0) is 26.3. The van der Waals surface area contributed by atoms with Crippen molar-refractivity contribution in [1.82, 2.24) is 14.5 Å². The molecular formula is C26H20ClN5O5. The molecule has 3 N–H and O–H groups in total. The van der Waals surface area contributed by atoms with Crippen LogP contribution in [0, 0.1) is 0 Å². The molecule has 37 heavy (non-hydrogen) atoms. The van der Waals surface area contributed by atoms with Gasteiger partial charge in [-0.15, -0.1) is 0 Å². The number of rotatable bonds is 7. The van der Waals surface area contributed by atoms with Gasteiger partial charge in [0.2, 0.25) is 5.95 Å². The molecule has 0 bridgehead atoms. The van der Waals surface area contributed by atoms with Gasteiger partial charge in [-0.2, -0.15) is 4.98 Å². The molecule has 0 aliphatic rings. The number of aliphatic carboxylic acids is 1. The van der Waals surface area contributed by atoms with Gasteiger partial charge in [-0.25, -0.2) is 9.78 Å². The minimum atomic E-state index is -1.07. The van der Waals surface area contributed by atoms with E-state index in [-0.39, 0.29) is 30.4 Å². The van der Waals surface area contributed by atoms with Gasteiger partial charge in [0.1, 0.15) is 11.6 Å². The van der Waals surface area contributed by atoms with Crippen molar-refractivity contribution in [2.75, 3.05) is 11.9 Å². The number of fused-ring (bicyclic) bond motifs is 2. The van der Waals surface area contributed by atoms with E-state index >= 15 is 0 Å². The van der Waals surface area contributed by atoms with Gasteiger partial charge in [-0.1, -0.05) is 11.6 Å². The Morgan fingerprint density at radius 3 is 2.59 bits per heavy atom. The third kappa shape index (κ3) is 4.50. The molecule has 3 heterocycles. The first-order valence-corrected chi connectivity index (χ1v) is 11.6. The smallest absolute Gasteiger partial charge is 0.320 e. The van der Waals surface area contributed by atoms with Crippen molar-refractivity contribution in [3.63, 3.8) is 0 Å². The standard InChI is InChI=1S/C26H20ClN5O5/c1-31(25(28)36)24-17-11-14(22-3-2-10-37-22)4-6-19(17)29-26(30-24)32-13-18(21(33)8-9-23(34)35)16-12-15(27)5-7-20(16)32/h2-7,10-13H,8-9H2,1H3,(H2,28,36)(H,34,35). The summed E-state index contributed by atoms with van der Waals surface area (Å²) in [7, 11) is 1.50. The number of nitrogens with two attached hydrogens (primary N) is 1. The fourth-order valence-corrected chi connectivity index (χ4v) is 4.28. The van der Waals surface area contributed by atoms with Crippen molar-refractivity contribution >= 4 is 57.0 Å². The summed E-state index contributed by atoms with van der Waals surface area (Å²) in [4.78, 5) is 46.6. The minimum absolute atomic E-state index is 0.176. The lowest BCUT2D eigenvalue weighted by Gasteiger charge is -2.17. The molecule has 0 fully saturated rings. The average Bonchev–Trinajstić information content (AvgIpc) is 3.54. The molecule has 10 nitrogen and oxygen atoms in total. The Labute approximate surface area is 214 Å². The van der Waals surface area contributed by atoms with E-state index in [1.165, 1.54) is 11.9 Å². The molecule has 5 rings (SSSR count). The third-order valence-electron chi connectivity index (χ3n) is 5.97. The van der Waals surface area contributed by atoms with Crippen molar-refractivity contribution in [2.45, 2.75) is 12.8 Å². The van der Waals surface area contributed by atoms with Crippen molar-refractivity contribution in [3.8, 4) is 17.3 Å². The Bertz CT molecular complexity index is 1690. The molecule has 0 radical (unpaired) electrons. The summed E-state index contributed by atoms with van der Waals surface area (Å²) in [5, 5.41) is 10.5. The number of aromatic nitrogens is 3. The van der Waals surface area contributed by atoms with E-state index in [2.05, 4.69) is 4.98 Å². The van der Waals surface area contributed by atoms with Crippen LogP contribution in [-0.4, -0.2) is 44.5 Å². The summed E-state index contributed by atoms with van der Waals surface area (Å²) < 4.78 is 7.11. The van der Waals surface area contributed by atoms with Crippen LogP contribution in [0.15, 0.2) is 65.4 Å². The molecule has 0 aliphatic heterocycles. The van der Waals surface area contributed by atoms with Crippen molar-refractivity contribution in [1.29, 1.82) is 0 Å². The number of carbonyl (C=O) groups is 3. The number of Topliss-reactive ketones (excluding diaryl/α,β-unsaturated/α-hetero) is 1. The van der Waals surface area contributed by atoms with Crippen LogP contribution in [0.5, 0.6) is 0 Å². The van der Waals surface area contributed by atoms with E-state index in [1.54, 1.807) is 53.4 Å². The predicted octanol–water partition coefficient (Wildman–Crippen LogP) is 5.05. The summed E-state index contributed by atoms with van der Waals surface area (Å²) in [6.45, 7) is 0. The van der Waals surface area contributed by atoms with Crippen LogP contribution in [0.1, 0.15) is 23.2 Å². The van der Waals surface area contributed by atoms with Gasteiger partial charge in [-0.3, -0.25) is 19.1 Å². The number of anilines is 1. The molecule has 186 valence electrons. The van der Waals surface area contributed by atoms with Crippen LogP contribution in [-0.2, 0) is 4.79 Å². The Kier molecular flexibility index (Phi) is 6.10. The maximum Gasteiger partial charge on any atom is 0.320 e. The molecule has 2 amide bonds. The number of carbonyl (C=O) groups excluding carboxylic acids is 2. The normalized spacial score (nSPS) is 11.2. The zero-order valence-corrected chi connectivity index (χ0v) is 20.3. The van der Waals surface area contributed by atoms with Crippen molar-refractivity contribution < 1.29 is 23.9 Å². The minimum Gasteiger partial charge on any atom is -0.481 e. The number of furan rings is 1. The van der Waals surface area contributed by atoms with E-state index in [9.17, 15) is 14.4 Å². The number of carboxylic acids is 1. The number of carboxylic acid groups (broad SMARTS) is 1. The van der Waals surface area contributed by atoms with Crippen LogP contribution >= 0.6 is 11.6 Å². The largest absolute Gasteiger partial charge is 0.481 e. The zero-order valence-electron chi connectivity index (χ0n) is 19.5. The summed E-state index contributed by atoms with van der Waals surface area (Å²) in [6.07, 6.45) is 2.64. The van der Waals surface area contributed by atoms with Gasteiger partial charge in [0, 0.05) is 46.6 Å². The fraction of sp³-hybridized carbons (Fsp3) is 0.115. The molecule has 2 aromatic carbocycles. The second-order valence-corrected chi connectivity index (χ2v) is 8.78. The number of nitrogens with zero attached hydrogens (tertiary/aromatic N) is 4. The molecular weight excluding hydrogens is 498 g/mol. The van der Waals surface area contributed by atoms with E-state index in [0.29, 0.717) is 38.2 Å². The number of hydrogen-bond acceptors (Lipinski definition) is 6. The second kappa shape index (κ2) is 9.40. The maximum atomic E-state index is 12.9. The van der Waals surface area contributed by atoms with Crippen LogP contribution in [0.3, 0.4) is 0 Å². The predicted molar refractivity (Wildman–Crippen MR) is 138 cm³/mol. The van der Waals surface area contributed by atoms with E-state index in [0.717, 1.165) is 5.56 Å². The van der Waals surface area contributed by atoms with Crippen LogP contribution in [0.25, 0.3) is 39.1 Å². The number of urea groups is 1. The Hall–Kier alpha value is -4.70. The number of primary amides is 1. The van der Waals surface area contributed by atoms with Gasteiger partial charge in [0.25, 0.3) is 0 Å². The van der Waals surface area contributed by atoms with E-state index in [1.807, 2.05) is 12.1 Å². The van der Waals surface area contributed by atoms with Crippen molar-refractivity contribution in [2.24, 2.45) is 5.73 Å². The van der Waals surface area contributed by atoms with E-state index in [4.69, 9.17) is 31.8 Å². The molecule has 0 unspecified atom stereocenters. The van der Waals surface area contributed by atoms with Crippen molar-refractivity contribution in [3.05, 3.63) is 71.6 Å². The average molecular weight is 518 g/mol. The molecule has 11 heteroatoms. The summed E-state index contributed by atoms with van der Waals surface area (Å²) in [6, 6.07) is 13.3. The van der Waals surface area contributed by atoms with E-state index < -0.39 is 12.0 Å². The lowest BCUT2D eigenvalue weighted by molar-refractivity contribution is -0.136. The lowest BCUT2D eigenvalue weighted by Crippen LogP contribution is -2.33. The number of ketones is 1. The summed E-state index contributed by atoms with van der Waals surface area (Å²) in [5.41, 5.74) is 7.75. The summed E-state index contributed by atoms with van der Waals surface area (Å²) >= 11 is 6.20. The highest BCUT2D eigenvalue weighted by Gasteiger charge is 2.21. The monoisotopic (exact) mass is 517 g/mol. The highest BCUT2D eigenvalue weighted by atomic mass is 35.5. The molecule has 0 saturated carbocycles. The Morgan fingerprint density at radius 2 is 1.89 bits per heavy atom. The lowest BCUT2D eigenvalue weighted by atomic mass is 10.1. The van der Waals surface area contributed by atoms with Gasteiger partial charge in [0.05, 0.1) is 23.7 Å². The molecule has 0 spiro atoms. The number of hydrogen-bond donors (Lipinski definition) is 2. The number of amides is 2. The maximum absolute atomic E-state index is 12.9. The van der Waals surface area contributed by atoms with Crippen LogP contribution in [0.4, 0.5) is 10.6 Å². The van der Waals surface area contributed by atoms with Gasteiger partial charge in [-0.05, 0) is 48.5 Å². The summed E-state index contributed by atoms with van der Waals surface area (Å²) in [5.74, 6) is -0.342. The highest BCUT2D eigenvalue weighted by molar-refractivity contribution is 6.31. The number of benzene rings is 2. The topological polar surface area (TPSA) is 145 Å². The third-order valence-corrected chi connectivity index (χ3v) is 6.20.